The first kappa shape index (κ1) is 21.6. The van der Waals surface area contributed by atoms with E-state index >= 15 is 0 Å². The van der Waals surface area contributed by atoms with Crippen LogP contribution in [0.1, 0.15) is 23.7 Å². The number of carboxylic acids is 2. The fourth-order valence-electron chi connectivity index (χ4n) is 1.78. The van der Waals surface area contributed by atoms with Gasteiger partial charge in [-0.1, -0.05) is 12.1 Å². The highest BCUT2D eigenvalue weighted by atomic mass is 16.5. The standard InChI is InChI=1S/C9H8O4.C7H15NO3/c1-6(10)13-8-5-3-2-4-7(8)9(11)12;1-8(2,3)5-6(9)4-7(10)11/h2-5H,1H3,(H,11,12);6,9H,4-5H2,1-3H3/t;6-/m.1/s1. The molecule has 0 aliphatic rings. The van der Waals surface area contributed by atoms with Crippen LogP contribution in [0.2, 0.25) is 0 Å². The second kappa shape index (κ2) is 9.64. The molecular formula is C16H23NO7. The third kappa shape index (κ3) is 10.3. The Balaban J connectivity index is 0.000000449. The molecule has 24 heavy (non-hydrogen) atoms. The van der Waals surface area contributed by atoms with Gasteiger partial charge < -0.3 is 29.3 Å². The number of aliphatic carboxylic acids is 1. The van der Waals surface area contributed by atoms with E-state index in [0.29, 0.717) is 11.0 Å². The summed E-state index contributed by atoms with van der Waals surface area (Å²) < 4.78 is 5.24. The summed E-state index contributed by atoms with van der Waals surface area (Å²) in [7, 11) is 5.66. The van der Waals surface area contributed by atoms with Crippen molar-refractivity contribution >= 4 is 17.9 Å². The number of hydrogen-bond donors (Lipinski definition) is 2. The van der Waals surface area contributed by atoms with Gasteiger partial charge >= 0.3 is 11.9 Å². The molecule has 0 saturated carbocycles. The highest BCUT2D eigenvalue weighted by Gasteiger charge is 2.15. The largest absolute Gasteiger partial charge is 0.550 e. The number of carboxylic acid groups (broad SMARTS) is 2. The van der Waals surface area contributed by atoms with Gasteiger partial charge in [-0.25, -0.2) is 4.79 Å². The molecule has 0 spiro atoms. The van der Waals surface area contributed by atoms with Crippen LogP contribution in [0.4, 0.5) is 0 Å². The van der Waals surface area contributed by atoms with Gasteiger partial charge in [0.05, 0.1) is 21.1 Å². The smallest absolute Gasteiger partial charge is 0.339 e. The van der Waals surface area contributed by atoms with Crippen LogP contribution in [-0.2, 0) is 9.59 Å². The molecule has 134 valence electrons. The lowest BCUT2D eigenvalue weighted by Crippen LogP contribution is -2.43. The molecule has 1 aromatic carbocycles. The minimum absolute atomic E-state index is 0.0160. The normalized spacial score (nSPS) is 11.7. The zero-order chi connectivity index (χ0) is 18.9. The van der Waals surface area contributed by atoms with Crippen LogP contribution in [0.25, 0.3) is 0 Å². The highest BCUT2D eigenvalue weighted by molar-refractivity contribution is 5.91. The maximum absolute atomic E-state index is 10.6. The number of hydrogen-bond acceptors (Lipinski definition) is 6. The van der Waals surface area contributed by atoms with Crippen molar-refractivity contribution in [3.05, 3.63) is 29.8 Å². The number of benzene rings is 1. The molecule has 0 aliphatic heterocycles. The topological polar surface area (TPSA) is 124 Å². The van der Waals surface area contributed by atoms with Crippen LogP contribution < -0.4 is 9.84 Å². The van der Waals surface area contributed by atoms with Crippen LogP contribution in [0.3, 0.4) is 0 Å². The maximum atomic E-state index is 10.6. The first-order chi connectivity index (χ1) is 10.9. The van der Waals surface area contributed by atoms with Crippen LogP contribution in [0.15, 0.2) is 24.3 Å². The number of esters is 1. The molecule has 1 atom stereocenters. The van der Waals surface area contributed by atoms with Crippen LogP contribution in [0, 0.1) is 0 Å². The Bertz CT molecular complexity index is 578. The van der Waals surface area contributed by atoms with Gasteiger partial charge in [-0.2, -0.15) is 0 Å². The van der Waals surface area contributed by atoms with Crippen LogP contribution >= 0.6 is 0 Å². The molecule has 0 fully saturated rings. The fourth-order valence-corrected chi connectivity index (χ4v) is 1.78. The summed E-state index contributed by atoms with van der Waals surface area (Å²) in [5.74, 6) is -2.78. The third-order valence-corrected chi connectivity index (χ3v) is 2.53. The zero-order valence-corrected chi connectivity index (χ0v) is 14.2. The van der Waals surface area contributed by atoms with Crippen molar-refractivity contribution in [2.45, 2.75) is 19.4 Å². The molecule has 2 N–H and O–H groups in total. The second-order valence-electron chi connectivity index (χ2n) is 6.10. The van der Waals surface area contributed by atoms with Crippen molar-refractivity contribution in [3.8, 4) is 5.75 Å². The summed E-state index contributed by atoms with van der Waals surface area (Å²) in [4.78, 5) is 31.2. The van der Waals surface area contributed by atoms with Crippen molar-refractivity contribution in [3.63, 3.8) is 0 Å². The summed E-state index contributed by atoms with van der Waals surface area (Å²) in [6.45, 7) is 1.65. The Labute approximate surface area is 140 Å². The SMILES string of the molecule is CC(=O)Oc1ccccc1C(=O)O.C[N+](C)(C)C[C@H](O)CC(=O)[O-]. The second-order valence-corrected chi connectivity index (χ2v) is 6.10. The average Bonchev–Trinajstić information content (AvgIpc) is 2.35. The number of aliphatic hydroxyl groups excluding tert-OH is 1. The Morgan fingerprint density at radius 2 is 1.75 bits per heavy atom. The molecule has 8 nitrogen and oxygen atoms in total. The first-order valence-electron chi connectivity index (χ1n) is 7.11. The van der Waals surface area contributed by atoms with E-state index in [0.717, 1.165) is 0 Å². The van der Waals surface area contributed by atoms with E-state index in [1.165, 1.54) is 19.1 Å². The lowest BCUT2D eigenvalue weighted by atomic mass is 10.2. The lowest BCUT2D eigenvalue weighted by molar-refractivity contribution is -0.873. The van der Waals surface area contributed by atoms with E-state index in [9.17, 15) is 19.5 Å². The lowest BCUT2D eigenvalue weighted by Gasteiger charge is -2.26. The quantitative estimate of drug-likeness (QED) is 0.406. The number of nitrogens with zero attached hydrogens (tertiary/aromatic N) is 1. The molecule has 0 aliphatic carbocycles. The molecule has 0 aromatic heterocycles. The van der Waals surface area contributed by atoms with Crippen molar-refractivity contribution in [2.24, 2.45) is 0 Å². The number of rotatable bonds is 6. The average molecular weight is 341 g/mol. The number of likely N-dealkylation sites (N-methyl/N-ethyl adjacent to an activating group) is 1. The van der Waals surface area contributed by atoms with E-state index in [2.05, 4.69) is 4.74 Å². The van der Waals surface area contributed by atoms with E-state index in [1.54, 1.807) is 12.1 Å². The third-order valence-electron chi connectivity index (χ3n) is 2.53. The number of carbonyl (C=O) groups excluding carboxylic acids is 2. The van der Waals surface area contributed by atoms with Gasteiger partial charge in [0.1, 0.15) is 24.0 Å². The monoisotopic (exact) mass is 341 g/mol. The van der Waals surface area contributed by atoms with E-state index in [4.69, 9.17) is 10.2 Å². The Hall–Kier alpha value is -2.45. The molecule has 1 rings (SSSR count). The van der Waals surface area contributed by atoms with Gasteiger partial charge in [0.25, 0.3) is 0 Å². The minimum atomic E-state index is -1.20. The first-order valence-corrected chi connectivity index (χ1v) is 7.11. The van der Waals surface area contributed by atoms with Crippen LogP contribution in [0.5, 0.6) is 5.75 Å². The van der Waals surface area contributed by atoms with E-state index in [-0.39, 0.29) is 17.7 Å². The number of carbonyl (C=O) groups is 3. The highest BCUT2D eigenvalue weighted by Crippen LogP contribution is 2.17. The van der Waals surface area contributed by atoms with Crippen molar-refractivity contribution < 1.29 is 38.9 Å². The number of aromatic carboxylic acids is 1. The predicted octanol–water partition coefficient (Wildman–Crippen LogP) is -0.496. The molecule has 8 heteroatoms. The van der Waals surface area contributed by atoms with Gasteiger partial charge in [0, 0.05) is 19.3 Å². The Morgan fingerprint density at radius 3 is 2.17 bits per heavy atom. The summed E-state index contributed by atoms with van der Waals surface area (Å²) >= 11 is 0. The van der Waals surface area contributed by atoms with E-state index in [1.807, 2.05) is 21.1 Å². The Morgan fingerprint density at radius 1 is 1.21 bits per heavy atom. The summed E-state index contributed by atoms with van der Waals surface area (Å²) in [6, 6.07) is 5.98. The van der Waals surface area contributed by atoms with Gasteiger partial charge in [-0.3, -0.25) is 4.79 Å². The summed E-state index contributed by atoms with van der Waals surface area (Å²) in [6.07, 6.45) is -1.09. The molecule has 0 heterocycles. The van der Waals surface area contributed by atoms with Gasteiger partial charge in [0.15, 0.2) is 0 Å². The molecule has 0 unspecified atom stereocenters. The number of quaternary nitrogens is 1. The van der Waals surface area contributed by atoms with Gasteiger partial charge in [0.2, 0.25) is 0 Å². The predicted molar refractivity (Wildman–Crippen MR) is 83.2 cm³/mol. The zero-order valence-electron chi connectivity index (χ0n) is 14.2. The fraction of sp³-hybridized carbons (Fsp3) is 0.438. The summed E-state index contributed by atoms with van der Waals surface area (Å²) in [5.41, 5.74) is -0.0160. The van der Waals surface area contributed by atoms with Crippen molar-refractivity contribution in [1.29, 1.82) is 0 Å². The maximum Gasteiger partial charge on any atom is 0.339 e. The number of ether oxygens (including phenoxy) is 1. The van der Waals surface area contributed by atoms with Gasteiger partial charge in [-0.05, 0) is 12.1 Å². The molecular weight excluding hydrogens is 318 g/mol. The molecule has 0 bridgehead atoms. The van der Waals surface area contributed by atoms with E-state index < -0.39 is 24.0 Å². The molecule has 1 aromatic rings. The van der Waals surface area contributed by atoms with Crippen molar-refractivity contribution in [2.75, 3.05) is 27.7 Å². The van der Waals surface area contributed by atoms with Crippen molar-refractivity contribution in [1.82, 2.24) is 0 Å². The van der Waals surface area contributed by atoms with Gasteiger partial charge in [-0.15, -0.1) is 0 Å². The van der Waals surface area contributed by atoms with Crippen LogP contribution in [-0.4, -0.2) is 66.4 Å². The minimum Gasteiger partial charge on any atom is -0.550 e. The number of aliphatic hydroxyl groups is 1. The molecule has 0 amide bonds. The summed E-state index contributed by atoms with van der Waals surface area (Å²) in [5, 5.41) is 27.8. The Kier molecular flexibility index (Phi) is 8.65. The molecule has 0 saturated heterocycles. The molecule has 0 radical (unpaired) electrons. The number of para-hydroxylation sites is 1.